The zero-order valence-corrected chi connectivity index (χ0v) is 11.0. The van der Waals surface area contributed by atoms with Gasteiger partial charge in [0.25, 0.3) is 0 Å². The van der Waals surface area contributed by atoms with Gasteiger partial charge in [-0.25, -0.2) is 9.37 Å². The van der Waals surface area contributed by atoms with Gasteiger partial charge >= 0.3 is 0 Å². The first-order valence-electron chi connectivity index (χ1n) is 4.19. The summed E-state index contributed by atoms with van der Waals surface area (Å²) in [5, 5.41) is 4.45. The molecule has 2 rings (SSSR count). The van der Waals surface area contributed by atoms with Gasteiger partial charge in [-0.2, -0.15) is 0 Å². The smallest absolute Gasteiger partial charge is 0.189 e. The number of nitrogens with zero attached hydrogens (tertiary/aromatic N) is 1. The summed E-state index contributed by atoms with van der Waals surface area (Å²) in [7, 11) is 0. The number of nitrogens with two attached hydrogens (primary N) is 1. The Morgan fingerprint density at radius 1 is 1.50 bits per heavy atom. The molecule has 3 N–H and O–H groups in total. The molecular formula is C9H6BrClFN3S. The van der Waals surface area contributed by atoms with Crippen LogP contribution in [-0.4, -0.2) is 4.98 Å². The van der Waals surface area contributed by atoms with Crippen molar-refractivity contribution in [2.75, 3.05) is 11.1 Å². The summed E-state index contributed by atoms with van der Waals surface area (Å²) in [5.74, 6) is -0.402. The molecule has 0 fully saturated rings. The molecule has 84 valence electrons. The van der Waals surface area contributed by atoms with E-state index in [0.717, 1.165) is 0 Å². The number of nitrogen functional groups attached to an aromatic ring is 1. The van der Waals surface area contributed by atoms with E-state index in [1.54, 1.807) is 6.20 Å². The maximum absolute atomic E-state index is 13.0. The highest BCUT2D eigenvalue weighted by Gasteiger charge is 2.09. The van der Waals surface area contributed by atoms with Crippen LogP contribution in [0, 0.1) is 5.82 Å². The first-order valence-corrected chi connectivity index (χ1v) is 6.18. The molecule has 0 bridgehead atoms. The van der Waals surface area contributed by atoms with Crippen LogP contribution >= 0.6 is 38.9 Å². The van der Waals surface area contributed by atoms with Crippen molar-refractivity contribution >= 4 is 54.7 Å². The molecule has 0 saturated heterocycles. The Morgan fingerprint density at radius 3 is 2.81 bits per heavy atom. The lowest BCUT2D eigenvalue weighted by molar-refractivity contribution is 0.627. The van der Waals surface area contributed by atoms with Crippen LogP contribution < -0.4 is 11.1 Å². The molecule has 2 aromatic rings. The summed E-state index contributed by atoms with van der Waals surface area (Å²) in [6, 6.07) is 2.55. The van der Waals surface area contributed by atoms with Crippen LogP contribution in [-0.2, 0) is 0 Å². The summed E-state index contributed by atoms with van der Waals surface area (Å²) in [5.41, 5.74) is 6.11. The summed E-state index contributed by atoms with van der Waals surface area (Å²) in [6.07, 6.45) is 1.54. The van der Waals surface area contributed by atoms with E-state index in [9.17, 15) is 4.39 Å². The van der Waals surface area contributed by atoms with Crippen molar-refractivity contribution in [1.29, 1.82) is 0 Å². The third kappa shape index (κ3) is 2.45. The Morgan fingerprint density at radius 2 is 2.25 bits per heavy atom. The Bertz CT molecular complexity index is 508. The monoisotopic (exact) mass is 321 g/mol. The third-order valence-electron chi connectivity index (χ3n) is 1.76. The lowest BCUT2D eigenvalue weighted by atomic mass is 10.3. The number of hydrogen-bond donors (Lipinski definition) is 2. The van der Waals surface area contributed by atoms with Gasteiger partial charge in [-0.1, -0.05) is 22.9 Å². The van der Waals surface area contributed by atoms with E-state index in [1.165, 1.54) is 23.5 Å². The van der Waals surface area contributed by atoms with Gasteiger partial charge in [0.05, 0.1) is 16.9 Å². The van der Waals surface area contributed by atoms with Crippen molar-refractivity contribution in [2.24, 2.45) is 0 Å². The fraction of sp³-hybridized carbons (Fsp3) is 0. The van der Waals surface area contributed by atoms with Gasteiger partial charge in [0.15, 0.2) is 5.13 Å². The summed E-state index contributed by atoms with van der Waals surface area (Å²) in [6.45, 7) is 0. The normalized spacial score (nSPS) is 10.4. The fourth-order valence-electron chi connectivity index (χ4n) is 1.11. The molecule has 1 aromatic carbocycles. The molecule has 0 unspecified atom stereocenters. The number of halogens is 3. The quantitative estimate of drug-likeness (QED) is 0.878. The molecule has 1 heterocycles. The maximum Gasteiger partial charge on any atom is 0.189 e. The SMILES string of the molecule is Nc1cnc(Nc2c(Cl)cc(F)cc2Br)s1. The van der Waals surface area contributed by atoms with E-state index in [4.69, 9.17) is 17.3 Å². The van der Waals surface area contributed by atoms with E-state index in [1.807, 2.05) is 0 Å². The van der Waals surface area contributed by atoms with E-state index in [-0.39, 0.29) is 5.02 Å². The van der Waals surface area contributed by atoms with Crippen molar-refractivity contribution in [3.63, 3.8) is 0 Å². The molecular weight excluding hydrogens is 317 g/mol. The molecule has 0 spiro atoms. The molecule has 3 nitrogen and oxygen atoms in total. The summed E-state index contributed by atoms with van der Waals surface area (Å²) < 4.78 is 13.5. The average Bonchev–Trinajstić information content (AvgIpc) is 2.58. The highest BCUT2D eigenvalue weighted by molar-refractivity contribution is 9.10. The number of benzene rings is 1. The Labute approximate surface area is 109 Å². The second-order valence-electron chi connectivity index (χ2n) is 2.94. The molecule has 0 aliphatic carbocycles. The summed E-state index contributed by atoms with van der Waals surface area (Å²) >= 11 is 10.4. The van der Waals surface area contributed by atoms with E-state index in [0.29, 0.717) is 20.3 Å². The second kappa shape index (κ2) is 4.57. The lowest BCUT2D eigenvalue weighted by Crippen LogP contribution is -1.92. The molecule has 0 radical (unpaired) electrons. The predicted octanol–water partition coefficient (Wildman–Crippen LogP) is 4.02. The van der Waals surface area contributed by atoms with Crippen LogP contribution in [0.4, 0.5) is 20.2 Å². The van der Waals surface area contributed by atoms with Crippen LogP contribution in [0.2, 0.25) is 5.02 Å². The molecule has 0 aliphatic rings. The lowest BCUT2D eigenvalue weighted by Gasteiger charge is -2.07. The molecule has 16 heavy (non-hydrogen) atoms. The van der Waals surface area contributed by atoms with Gasteiger partial charge in [0.1, 0.15) is 10.8 Å². The van der Waals surface area contributed by atoms with Gasteiger partial charge in [0.2, 0.25) is 0 Å². The number of rotatable bonds is 2. The Hall–Kier alpha value is -0.850. The molecule has 0 atom stereocenters. The highest BCUT2D eigenvalue weighted by Crippen LogP contribution is 2.35. The zero-order valence-electron chi connectivity index (χ0n) is 7.80. The van der Waals surface area contributed by atoms with Crippen molar-refractivity contribution in [3.05, 3.63) is 33.6 Å². The van der Waals surface area contributed by atoms with Crippen LogP contribution in [0.1, 0.15) is 0 Å². The molecule has 7 heteroatoms. The fourth-order valence-corrected chi connectivity index (χ4v) is 2.60. The molecule has 1 aromatic heterocycles. The van der Waals surface area contributed by atoms with Crippen molar-refractivity contribution < 1.29 is 4.39 Å². The molecule has 0 amide bonds. The van der Waals surface area contributed by atoms with Gasteiger partial charge in [-0.3, -0.25) is 0 Å². The van der Waals surface area contributed by atoms with Gasteiger partial charge < -0.3 is 11.1 Å². The number of hydrogen-bond acceptors (Lipinski definition) is 4. The maximum atomic E-state index is 13.0. The van der Waals surface area contributed by atoms with Crippen LogP contribution in [0.25, 0.3) is 0 Å². The second-order valence-corrected chi connectivity index (χ2v) is 5.26. The van der Waals surface area contributed by atoms with E-state index >= 15 is 0 Å². The first-order chi connectivity index (χ1) is 7.56. The number of nitrogens with one attached hydrogen (secondary N) is 1. The van der Waals surface area contributed by atoms with Gasteiger partial charge in [0, 0.05) is 4.47 Å². The molecule has 0 aliphatic heterocycles. The topological polar surface area (TPSA) is 50.9 Å². The minimum absolute atomic E-state index is 0.278. The van der Waals surface area contributed by atoms with Crippen LogP contribution in [0.15, 0.2) is 22.8 Å². The molecule has 0 saturated carbocycles. The zero-order chi connectivity index (χ0) is 11.7. The average molecular weight is 323 g/mol. The van der Waals surface area contributed by atoms with Crippen molar-refractivity contribution in [3.8, 4) is 0 Å². The first kappa shape index (κ1) is 11.6. The largest absolute Gasteiger partial charge is 0.389 e. The number of aromatic nitrogens is 1. The summed E-state index contributed by atoms with van der Waals surface area (Å²) in [4.78, 5) is 4.02. The van der Waals surface area contributed by atoms with Crippen LogP contribution in [0.3, 0.4) is 0 Å². The highest BCUT2D eigenvalue weighted by atomic mass is 79.9. The van der Waals surface area contributed by atoms with E-state index in [2.05, 4.69) is 26.2 Å². The number of thiazole rings is 1. The predicted molar refractivity (Wildman–Crippen MR) is 68.9 cm³/mol. The van der Waals surface area contributed by atoms with E-state index < -0.39 is 5.82 Å². The Kier molecular flexibility index (Phi) is 3.32. The van der Waals surface area contributed by atoms with Crippen LogP contribution in [0.5, 0.6) is 0 Å². The number of anilines is 3. The minimum Gasteiger partial charge on any atom is -0.389 e. The van der Waals surface area contributed by atoms with Gasteiger partial charge in [-0.15, -0.1) is 0 Å². The van der Waals surface area contributed by atoms with Crippen molar-refractivity contribution in [2.45, 2.75) is 0 Å². The minimum atomic E-state index is -0.402. The standard InChI is InChI=1S/C9H6BrClFN3S/c10-5-1-4(12)2-6(11)8(5)15-9-14-3-7(13)16-9/h1-3H,13H2,(H,14,15). The van der Waals surface area contributed by atoms with Crippen molar-refractivity contribution in [1.82, 2.24) is 4.98 Å². The third-order valence-corrected chi connectivity index (χ3v) is 3.43. The van der Waals surface area contributed by atoms with Gasteiger partial charge in [-0.05, 0) is 28.1 Å². The Balaban J connectivity index is 2.34.